The van der Waals surface area contributed by atoms with Crippen molar-refractivity contribution in [3.8, 4) is 17.2 Å². The highest BCUT2D eigenvalue weighted by atomic mass is 79.9. The van der Waals surface area contributed by atoms with Gasteiger partial charge in [0.25, 0.3) is 0 Å². The molecule has 0 spiro atoms. The van der Waals surface area contributed by atoms with Gasteiger partial charge in [0.2, 0.25) is 0 Å². The van der Waals surface area contributed by atoms with Crippen LogP contribution < -0.4 is 14.8 Å². The molecule has 0 aliphatic rings. The van der Waals surface area contributed by atoms with Crippen molar-refractivity contribution < 1.29 is 9.47 Å². The van der Waals surface area contributed by atoms with E-state index in [-0.39, 0.29) is 0 Å². The van der Waals surface area contributed by atoms with Crippen LogP contribution in [0.1, 0.15) is 18.1 Å². The van der Waals surface area contributed by atoms with Crippen molar-refractivity contribution >= 4 is 15.9 Å². The van der Waals surface area contributed by atoms with Gasteiger partial charge in [-0.25, -0.2) is 0 Å². The van der Waals surface area contributed by atoms with Gasteiger partial charge in [-0.2, -0.15) is 0 Å². The number of aryl methyl sites for hydroxylation is 1. The summed E-state index contributed by atoms with van der Waals surface area (Å²) >= 11 is 3.51. The maximum atomic E-state index is 6.03. The fourth-order valence-corrected chi connectivity index (χ4v) is 2.38. The summed E-state index contributed by atoms with van der Waals surface area (Å²) in [6, 6.07) is 12.0. The molecule has 0 saturated heterocycles. The maximum Gasteiger partial charge on any atom is 0.141 e. The Morgan fingerprint density at radius 1 is 1.10 bits per heavy atom. The summed E-state index contributed by atoms with van der Waals surface area (Å²) in [5.74, 6) is 2.45. The second kappa shape index (κ2) is 7.48. The van der Waals surface area contributed by atoms with Crippen LogP contribution in [0.25, 0.3) is 0 Å². The van der Waals surface area contributed by atoms with Crippen molar-refractivity contribution in [1.82, 2.24) is 5.32 Å². The normalized spacial score (nSPS) is 10.5. The number of methoxy groups -OCH3 is 1. The zero-order chi connectivity index (χ0) is 15.2. The number of halogens is 1. The molecule has 3 nitrogen and oxygen atoms in total. The highest BCUT2D eigenvalue weighted by molar-refractivity contribution is 9.10. The Morgan fingerprint density at radius 3 is 2.57 bits per heavy atom. The molecule has 0 aliphatic heterocycles. The summed E-state index contributed by atoms with van der Waals surface area (Å²) in [6.45, 7) is 5.94. The lowest BCUT2D eigenvalue weighted by Gasteiger charge is -2.13. The molecule has 4 heteroatoms. The number of rotatable bonds is 6. The van der Waals surface area contributed by atoms with E-state index in [1.54, 1.807) is 7.11 Å². The highest BCUT2D eigenvalue weighted by Crippen LogP contribution is 2.34. The molecule has 21 heavy (non-hydrogen) atoms. The first-order valence-corrected chi connectivity index (χ1v) is 7.75. The van der Waals surface area contributed by atoms with Gasteiger partial charge < -0.3 is 14.8 Å². The van der Waals surface area contributed by atoms with Crippen LogP contribution in [0.5, 0.6) is 17.2 Å². The summed E-state index contributed by atoms with van der Waals surface area (Å²) in [4.78, 5) is 0. The van der Waals surface area contributed by atoms with Crippen LogP contribution in [-0.2, 0) is 6.54 Å². The van der Waals surface area contributed by atoms with E-state index in [4.69, 9.17) is 9.47 Å². The first kappa shape index (κ1) is 15.9. The standard InChI is InChI=1S/C17H20BrNO2/c1-4-19-11-13-6-5-12(2)17(9-13)21-16-8-7-14(20-3)10-15(16)18/h5-10,19H,4,11H2,1-3H3. The van der Waals surface area contributed by atoms with Crippen molar-refractivity contribution in [3.63, 3.8) is 0 Å². The smallest absolute Gasteiger partial charge is 0.141 e. The molecule has 2 aromatic carbocycles. The van der Waals surface area contributed by atoms with Gasteiger partial charge >= 0.3 is 0 Å². The molecule has 0 unspecified atom stereocenters. The van der Waals surface area contributed by atoms with Gasteiger partial charge in [-0.15, -0.1) is 0 Å². The molecule has 0 amide bonds. The topological polar surface area (TPSA) is 30.5 Å². The Balaban J connectivity index is 2.22. The summed E-state index contributed by atoms with van der Waals surface area (Å²) in [5, 5.41) is 3.32. The molecule has 0 atom stereocenters. The van der Waals surface area contributed by atoms with Gasteiger partial charge in [-0.3, -0.25) is 0 Å². The lowest BCUT2D eigenvalue weighted by Crippen LogP contribution is -2.11. The molecule has 2 aromatic rings. The zero-order valence-electron chi connectivity index (χ0n) is 12.6. The zero-order valence-corrected chi connectivity index (χ0v) is 14.2. The van der Waals surface area contributed by atoms with Crippen LogP contribution in [0, 0.1) is 6.92 Å². The first-order valence-electron chi connectivity index (χ1n) is 6.95. The molecule has 0 saturated carbocycles. The molecular formula is C17H20BrNO2. The average Bonchev–Trinajstić information content (AvgIpc) is 2.49. The van der Waals surface area contributed by atoms with Gasteiger partial charge in [-0.05, 0) is 64.8 Å². The fraction of sp³-hybridized carbons (Fsp3) is 0.294. The monoisotopic (exact) mass is 349 g/mol. The van der Waals surface area contributed by atoms with E-state index in [2.05, 4.69) is 46.4 Å². The molecule has 0 radical (unpaired) electrons. The molecule has 0 aromatic heterocycles. The number of hydrogen-bond acceptors (Lipinski definition) is 3. The number of ether oxygens (including phenoxy) is 2. The minimum atomic E-state index is 0.777. The third-order valence-electron chi connectivity index (χ3n) is 3.19. The molecule has 0 heterocycles. The van der Waals surface area contributed by atoms with E-state index in [1.807, 2.05) is 25.1 Å². The molecular weight excluding hydrogens is 330 g/mol. The number of hydrogen-bond donors (Lipinski definition) is 1. The number of nitrogens with one attached hydrogen (secondary N) is 1. The first-order chi connectivity index (χ1) is 10.1. The summed E-state index contributed by atoms with van der Waals surface area (Å²) in [5.41, 5.74) is 2.32. The van der Waals surface area contributed by atoms with E-state index < -0.39 is 0 Å². The fourth-order valence-electron chi connectivity index (χ4n) is 1.94. The van der Waals surface area contributed by atoms with Crippen LogP contribution in [0.15, 0.2) is 40.9 Å². The van der Waals surface area contributed by atoms with Gasteiger partial charge in [0, 0.05) is 6.54 Å². The quantitative estimate of drug-likeness (QED) is 0.821. The lowest BCUT2D eigenvalue weighted by atomic mass is 10.1. The lowest BCUT2D eigenvalue weighted by molar-refractivity contribution is 0.412. The molecule has 112 valence electrons. The van der Waals surface area contributed by atoms with Crippen molar-refractivity contribution in [3.05, 3.63) is 52.0 Å². The summed E-state index contributed by atoms with van der Waals surface area (Å²) in [6.07, 6.45) is 0. The van der Waals surface area contributed by atoms with Gasteiger partial charge in [0.1, 0.15) is 17.2 Å². The van der Waals surface area contributed by atoms with E-state index in [0.717, 1.165) is 40.4 Å². The Morgan fingerprint density at radius 2 is 1.90 bits per heavy atom. The largest absolute Gasteiger partial charge is 0.497 e. The SMILES string of the molecule is CCNCc1ccc(C)c(Oc2ccc(OC)cc2Br)c1. The van der Waals surface area contributed by atoms with Crippen LogP contribution in [0.3, 0.4) is 0 Å². The second-order valence-electron chi connectivity index (χ2n) is 4.78. The Labute approximate surface area is 134 Å². The van der Waals surface area contributed by atoms with Crippen LogP contribution in [0.4, 0.5) is 0 Å². The van der Waals surface area contributed by atoms with Crippen molar-refractivity contribution in [2.45, 2.75) is 20.4 Å². The molecule has 0 aliphatic carbocycles. The van der Waals surface area contributed by atoms with Gasteiger partial charge in [0.05, 0.1) is 11.6 Å². The predicted octanol–water partition coefficient (Wildman–Crippen LogP) is 4.67. The second-order valence-corrected chi connectivity index (χ2v) is 5.63. The van der Waals surface area contributed by atoms with E-state index >= 15 is 0 Å². The Hall–Kier alpha value is -1.52. The molecule has 2 rings (SSSR count). The van der Waals surface area contributed by atoms with E-state index in [9.17, 15) is 0 Å². The van der Waals surface area contributed by atoms with Crippen molar-refractivity contribution in [2.24, 2.45) is 0 Å². The molecule has 1 N–H and O–H groups in total. The summed E-state index contributed by atoms with van der Waals surface area (Å²) in [7, 11) is 1.65. The third kappa shape index (κ3) is 4.22. The van der Waals surface area contributed by atoms with Crippen LogP contribution in [0.2, 0.25) is 0 Å². The van der Waals surface area contributed by atoms with Gasteiger partial charge in [-0.1, -0.05) is 19.1 Å². The van der Waals surface area contributed by atoms with Crippen LogP contribution >= 0.6 is 15.9 Å². The maximum absolute atomic E-state index is 6.03. The summed E-state index contributed by atoms with van der Waals surface area (Å²) < 4.78 is 12.1. The van der Waals surface area contributed by atoms with Crippen molar-refractivity contribution in [1.29, 1.82) is 0 Å². The molecule has 0 fully saturated rings. The van der Waals surface area contributed by atoms with Crippen LogP contribution in [-0.4, -0.2) is 13.7 Å². The van der Waals surface area contributed by atoms with E-state index in [0.29, 0.717) is 0 Å². The van der Waals surface area contributed by atoms with E-state index in [1.165, 1.54) is 5.56 Å². The third-order valence-corrected chi connectivity index (χ3v) is 3.81. The number of benzene rings is 2. The average molecular weight is 350 g/mol. The van der Waals surface area contributed by atoms with Gasteiger partial charge in [0.15, 0.2) is 0 Å². The minimum absolute atomic E-state index is 0.777. The Bertz CT molecular complexity index is 614. The van der Waals surface area contributed by atoms with Crippen molar-refractivity contribution in [2.75, 3.05) is 13.7 Å². The Kier molecular flexibility index (Phi) is 5.65. The minimum Gasteiger partial charge on any atom is -0.497 e. The predicted molar refractivity (Wildman–Crippen MR) is 89.3 cm³/mol. The highest BCUT2D eigenvalue weighted by Gasteiger charge is 2.07. The molecule has 0 bridgehead atoms.